The maximum Gasteiger partial charge on any atom is 0.257 e. The van der Waals surface area contributed by atoms with E-state index in [4.69, 9.17) is 17.0 Å². The summed E-state index contributed by atoms with van der Waals surface area (Å²) in [6, 6.07) is 11.7. The first kappa shape index (κ1) is 21.2. The van der Waals surface area contributed by atoms with Crippen molar-refractivity contribution in [1.29, 1.82) is 0 Å². The second kappa shape index (κ2) is 10.9. The number of benzene rings is 2. The number of aromatic hydroxyl groups is 1. The minimum Gasteiger partial charge on any atom is -0.508 e. The number of carbonyl (C=O) groups excluding carboxylic acids is 1. The molecule has 2 aromatic rings. The summed E-state index contributed by atoms with van der Waals surface area (Å²) in [5, 5.41) is 15.1. The molecule has 0 unspecified atom stereocenters. The Kier molecular flexibility index (Phi) is 8.54. The lowest BCUT2D eigenvalue weighted by Gasteiger charge is -2.12. The first-order valence-corrected chi connectivity index (χ1v) is 10.0. The largest absolute Gasteiger partial charge is 0.508 e. The molecule has 0 saturated carbocycles. The number of hydrogen-bond acceptors (Lipinski definition) is 4. The fourth-order valence-corrected chi connectivity index (χ4v) is 3.10. The van der Waals surface area contributed by atoms with Crippen molar-refractivity contribution in [3.8, 4) is 11.5 Å². The smallest absolute Gasteiger partial charge is 0.257 e. The van der Waals surface area contributed by atoms with Gasteiger partial charge < -0.3 is 15.2 Å². The summed E-state index contributed by atoms with van der Waals surface area (Å²) in [7, 11) is 0. The van der Waals surface area contributed by atoms with Gasteiger partial charge in [0.1, 0.15) is 11.5 Å². The van der Waals surface area contributed by atoms with Crippen LogP contribution in [0.15, 0.2) is 46.9 Å². The lowest BCUT2D eigenvalue weighted by molar-refractivity contribution is 0.0977. The van der Waals surface area contributed by atoms with E-state index in [1.807, 2.05) is 0 Å². The molecule has 2 aromatic carbocycles. The number of anilines is 1. The number of ether oxygens (including phenoxy) is 1. The number of amides is 1. The predicted molar refractivity (Wildman–Crippen MR) is 116 cm³/mol. The van der Waals surface area contributed by atoms with Crippen molar-refractivity contribution in [2.75, 3.05) is 11.9 Å². The molecule has 0 bridgehead atoms. The van der Waals surface area contributed by atoms with Gasteiger partial charge in [0.05, 0.1) is 11.1 Å². The van der Waals surface area contributed by atoms with Gasteiger partial charge in [0.25, 0.3) is 5.91 Å². The van der Waals surface area contributed by atoms with Gasteiger partial charge in [0.15, 0.2) is 5.11 Å². The Morgan fingerprint density at radius 3 is 2.70 bits per heavy atom. The lowest BCUT2D eigenvalue weighted by Crippen LogP contribution is -2.34. The lowest BCUT2D eigenvalue weighted by atomic mass is 10.2. The maximum atomic E-state index is 12.4. The van der Waals surface area contributed by atoms with E-state index >= 15 is 0 Å². The highest BCUT2D eigenvalue weighted by Gasteiger charge is 2.11. The number of thiocarbonyl (C=S) groups is 1. The molecule has 0 spiro atoms. The molecule has 0 aliphatic carbocycles. The molecule has 0 atom stereocenters. The summed E-state index contributed by atoms with van der Waals surface area (Å²) in [4.78, 5) is 12.4. The number of hydrogen-bond donors (Lipinski definition) is 3. The van der Waals surface area contributed by atoms with Crippen molar-refractivity contribution >= 4 is 44.9 Å². The average molecular weight is 451 g/mol. The quantitative estimate of drug-likeness (QED) is 0.378. The van der Waals surface area contributed by atoms with E-state index in [0.717, 1.165) is 17.3 Å². The van der Waals surface area contributed by atoms with Crippen LogP contribution in [0.25, 0.3) is 0 Å². The van der Waals surface area contributed by atoms with E-state index < -0.39 is 0 Å². The van der Waals surface area contributed by atoms with E-state index in [-0.39, 0.29) is 16.8 Å². The Balaban J connectivity index is 1.88. The van der Waals surface area contributed by atoms with Crippen molar-refractivity contribution in [1.82, 2.24) is 5.32 Å². The van der Waals surface area contributed by atoms with Gasteiger partial charge >= 0.3 is 0 Å². The summed E-state index contributed by atoms with van der Waals surface area (Å²) in [5.74, 6) is 0.495. The number of carbonyl (C=O) groups is 1. The Morgan fingerprint density at radius 2 is 2.00 bits per heavy atom. The van der Waals surface area contributed by atoms with Crippen LogP contribution >= 0.6 is 28.1 Å². The molecular weight excluding hydrogens is 428 g/mol. The molecule has 2 rings (SSSR count). The number of nitrogens with one attached hydrogen (secondary N) is 2. The second-order valence-electron chi connectivity index (χ2n) is 6.01. The molecule has 5 nitrogen and oxygen atoms in total. The highest BCUT2D eigenvalue weighted by Crippen LogP contribution is 2.26. The maximum absolute atomic E-state index is 12.4. The van der Waals surface area contributed by atoms with Gasteiger partial charge in [-0.2, -0.15) is 0 Å². The normalized spacial score (nSPS) is 10.3. The van der Waals surface area contributed by atoms with Gasteiger partial charge in [0, 0.05) is 17.3 Å². The van der Waals surface area contributed by atoms with Crippen molar-refractivity contribution in [2.45, 2.75) is 32.6 Å². The van der Waals surface area contributed by atoms with Gasteiger partial charge in [-0.25, -0.2) is 0 Å². The highest BCUT2D eigenvalue weighted by atomic mass is 79.9. The van der Waals surface area contributed by atoms with Crippen molar-refractivity contribution in [2.24, 2.45) is 0 Å². The van der Waals surface area contributed by atoms with Crippen LogP contribution in [-0.2, 0) is 0 Å². The zero-order valence-corrected chi connectivity index (χ0v) is 17.5. The Morgan fingerprint density at radius 1 is 1.19 bits per heavy atom. The van der Waals surface area contributed by atoms with Crippen molar-refractivity contribution in [3.63, 3.8) is 0 Å². The third kappa shape index (κ3) is 7.19. The fraction of sp³-hybridized carbons (Fsp3) is 0.300. The van der Waals surface area contributed by atoms with Gasteiger partial charge in [-0.05, 0) is 64.9 Å². The van der Waals surface area contributed by atoms with Gasteiger partial charge in [-0.1, -0.05) is 32.3 Å². The van der Waals surface area contributed by atoms with Crippen LogP contribution in [0.5, 0.6) is 11.5 Å². The zero-order valence-electron chi connectivity index (χ0n) is 15.1. The van der Waals surface area contributed by atoms with Gasteiger partial charge in [-0.15, -0.1) is 0 Å². The van der Waals surface area contributed by atoms with Crippen LogP contribution < -0.4 is 15.4 Å². The molecule has 3 N–H and O–H groups in total. The first-order valence-electron chi connectivity index (χ1n) is 8.83. The zero-order chi connectivity index (χ0) is 19.6. The Bertz CT molecular complexity index is 799. The van der Waals surface area contributed by atoms with E-state index in [0.29, 0.717) is 23.6 Å². The SMILES string of the molecule is CCCCCCOc1ccc(C(=O)NC(=S)Nc2cccc(O)c2)cc1Br. The molecule has 0 aliphatic heterocycles. The first-order chi connectivity index (χ1) is 13.0. The fourth-order valence-electron chi connectivity index (χ4n) is 2.39. The van der Waals surface area contributed by atoms with Crippen LogP contribution in [-0.4, -0.2) is 22.7 Å². The summed E-state index contributed by atoms with van der Waals surface area (Å²) < 4.78 is 6.47. The Labute approximate surface area is 173 Å². The average Bonchev–Trinajstić information content (AvgIpc) is 2.62. The Hall–Kier alpha value is -2.12. The van der Waals surface area contributed by atoms with Crippen molar-refractivity contribution in [3.05, 3.63) is 52.5 Å². The molecule has 0 saturated heterocycles. The standard InChI is InChI=1S/C20H23BrN2O3S/c1-2-3-4-5-11-26-18-10-9-14(12-17(18)21)19(25)23-20(27)22-15-7-6-8-16(24)13-15/h6-10,12-13,24H,2-5,11H2,1H3,(H2,22,23,25,27). The topological polar surface area (TPSA) is 70.6 Å². The minimum absolute atomic E-state index is 0.114. The monoisotopic (exact) mass is 450 g/mol. The van der Waals surface area contributed by atoms with Crippen molar-refractivity contribution < 1.29 is 14.6 Å². The number of rotatable bonds is 8. The van der Waals surface area contributed by atoms with Crippen LogP contribution in [0.4, 0.5) is 5.69 Å². The third-order valence-corrected chi connectivity index (χ3v) is 4.60. The van der Waals surface area contributed by atoms with Crippen LogP contribution in [0.3, 0.4) is 0 Å². The molecular formula is C20H23BrN2O3S. The summed E-state index contributed by atoms with van der Waals surface area (Å²) in [6.07, 6.45) is 4.56. The number of unbranched alkanes of at least 4 members (excludes halogenated alkanes) is 3. The second-order valence-corrected chi connectivity index (χ2v) is 7.28. The van der Waals surface area contributed by atoms with Crippen LogP contribution in [0.1, 0.15) is 43.0 Å². The van der Waals surface area contributed by atoms with Gasteiger partial charge in [-0.3, -0.25) is 10.1 Å². The molecule has 7 heteroatoms. The van der Waals surface area contributed by atoms with E-state index in [9.17, 15) is 9.90 Å². The van der Waals surface area contributed by atoms with E-state index in [1.165, 1.54) is 18.9 Å². The van der Waals surface area contributed by atoms with E-state index in [1.54, 1.807) is 36.4 Å². The molecule has 0 radical (unpaired) electrons. The molecule has 27 heavy (non-hydrogen) atoms. The molecule has 0 aliphatic rings. The highest BCUT2D eigenvalue weighted by molar-refractivity contribution is 9.10. The molecule has 0 fully saturated rings. The predicted octanol–water partition coefficient (Wildman–Crippen LogP) is 5.24. The van der Waals surface area contributed by atoms with Crippen LogP contribution in [0, 0.1) is 0 Å². The number of phenolic OH excluding ortho intramolecular Hbond substituents is 1. The molecule has 0 aromatic heterocycles. The minimum atomic E-state index is -0.331. The number of halogens is 1. The number of phenols is 1. The molecule has 1 amide bonds. The molecule has 0 heterocycles. The van der Waals surface area contributed by atoms with Gasteiger partial charge in [0.2, 0.25) is 0 Å². The summed E-state index contributed by atoms with van der Waals surface area (Å²) in [6.45, 7) is 2.83. The van der Waals surface area contributed by atoms with E-state index in [2.05, 4.69) is 33.5 Å². The van der Waals surface area contributed by atoms with Crippen LogP contribution in [0.2, 0.25) is 0 Å². The summed E-state index contributed by atoms with van der Waals surface area (Å²) in [5.41, 5.74) is 1.05. The molecule has 144 valence electrons. The summed E-state index contributed by atoms with van der Waals surface area (Å²) >= 11 is 8.59. The third-order valence-electron chi connectivity index (χ3n) is 3.78.